The summed E-state index contributed by atoms with van der Waals surface area (Å²) >= 11 is 1.41. The lowest BCUT2D eigenvalue weighted by Crippen LogP contribution is -2.30. The molecule has 0 unspecified atom stereocenters. The number of hydrazone groups is 1. The van der Waals surface area contributed by atoms with Gasteiger partial charge in [-0.15, -0.1) is 0 Å². The van der Waals surface area contributed by atoms with Gasteiger partial charge in [-0.3, -0.25) is 24.6 Å². The Morgan fingerprint density at radius 1 is 0.500 bits per heavy atom. The van der Waals surface area contributed by atoms with Gasteiger partial charge in [0, 0.05) is 48.4 Å². The standard InChI is InChI=1S/C60H59N3O20S/c1-5-52(64)77-33-73-47-25-22-43(30-49(47)75-35-79-54(66)7-3)81-57(69)39-16-14-38(15-17-39)56(68)72-28-27-37-13-24-46(42(29-37)32-61-63-60-62-45-11-9-10-12-51(45)84-60)83-59(71)41-20-18-40(19-21-41)58(70)82-44-23-26-48(74-34-78-53(65)6-2)50(31-44)76-36-80-55(67)8-4/h5-13,22-26,29-32,38-41H,1-4,14-21,27-28,33-36H2,(H,62,63)/b61-32+. The van der Waals surface area contributed by atoms with E-state index in [-0.39, 0.29) is 46.9 Å². The van der Waals surface area contributed by atoms with E-state index in [2.05, 4.69) is 41.8 Å². The first-order valence-electron chi connectivity index (χ1n) is 26.3. The van der Waals surface area contributed by atoms with Gasteiger partial charge in [0.1, 0.15) is 17.2 Å². The molecule has 0 spiro atoms. The van der Waals surface area contributed by atoms with Gasteiger partial charge in [-0.1, -0.05) is 55.9 Å². The lowest BCUT2D eigenvalue weighted by molar-refractivity contribution is -0.152. The van der Waals surface area contributed by atoms with Crippen molar-refractivity contribution in [2.75, 3.05) is 39.2 Å². The predicted molar refractivity (Wildman–Crippen MR) is 300 cm³/mol. The van der Waals surface area contributed by atoms with Gasteiger partial charge in [0.15, 0.2) is 23.0 Å². The van der Waals surface area contributed by atoms with Crippen molar-refractivity contribution in [1.82, 2.24) is 4.98 Å². The molecule has 2 saturated carbocycles. The highest BCUT2D eigenvalue weighted by Gasteiger charge is 2.34. The van der Waals surface area contributed by atoms with Gasteiger partial charge in [0.05, 0.1) is 46.7 Å². The molecule has 2 aliphatic rings. The third-order valence-electron chi connectivity index (χ3n) is 13.0. The van der Waals surface area contributed by atoms with E-state index in [1.807, 2.05) is 24.3 Å². The van der Waals surface area contributed by atoms with Gasteiger partial charge >= 0.3 is 47.8 Å². The van der Waals surface area contributed by atoms with Crippen molar-refractivity contribution < 1.29 is 95.2 Å². The fraction of sp³-hybridized carbons (Fsp3) is 0.300. The first kappa shape index (κ1) is 61.8. The zero-order valence-corrected chi connectivity index (χ0v) is 46.2. The zero-order chi connectivity index (χ0) is 59.8. The molecule has 0 saturated heterocycles. The molecular formula is C60H59N3O20S. The molecule has 23 nitrogen and oxygen atoms in total. The Morgan fingerprint density at radius 3 is 1.39 bits per heavy atom. The minimum atomic E-state index is -0.742. The summed E-state index contributed by atoms with van der Waals surface area (Å²) in [6.07, 6.45) is 8.45. The van der Waals surface area contributed by atoms with Gasteiger partial charge in [0.2, 0.25) is 32.3 Å². The van der Waals surface area contributed by atoms with Crippen LogP contribution in [0.1, 0.15) is 62.5 Å². The van der Waals surface area contributed by atoms with Crippen molar-refractivity contribution in [3.8, 4) is 40.2 Å². The molecule has 84 heavy (non-hydrogen) atoms. The zero-order valence-electron chi connectivity index (χ0n) is 45.4. The molecule has 24 heteroatoms. The lowest BCUT2D eigenvalue weighted by Gasteiger charge is -2.26. The summed E-state index contributed by atoms with van der Waals surface area (Å²) in [6, 6.07) is 21.2. The molecule has 1 heterocycles. The molecule has 1 N–H and O–H groups in total. The summed E-state index contributed by atoms with van der Waals surface area (Å²) in [5.41, 5.74) is 4.96. The molecule has 0 atom stereocenters. The maximum Gasteiger partial charge on any atom is 0.333 e. The molecule has 0 amide bonds. The number of hydrogen-bond acceptors (Lipinski definition) is 24. The second-order valence-corrected chi connectivity index (χ2v) is 19.5. The van der Waals surface area contributed by atoms with E-state index >= 15 is 0 Å². The molecule has 2 aliphatic carbocycles. The third-order valence-corrected chi connectivity index (χ3v) is 13.9. The van der Waals surface area contributed by atoms with Crippen LogP contribution in [0.15, 0.2) is 135 Å². The fourth-order valence-corrected chi connectivity index (χ4v) is 9.36. The highest BCUT2D eigenvalue weighted by Crippen LogP contribution is 2.37. The van der Waals surface area contributed by atoms with Crippen LogP contribution >= 0.6 is 11.3 Å². The summed E-state index contributed by atoms with van der Waals surface area (Å²) in [6.45, 7) is 11.3. The Labute approximate surface area is 485 Å². The van der Waals surface area contributed by atoms with Crippen LogP contribution in [0.4, 0.5) is 5.13 Å². The summed E-state index contributed by atoms with van der Waals surface area (Å²) in [5, 5.41) is 4.96. The van der Waals surface area contributed by atoms with E-state index < -0.39 is 98.6 Å². The number of carbonyl (C=O) groups is 8. The average molecular weight is 1170 g/mol. The average Bonchev–Trinajstić information content (AvgIpc) is 4.06. The number of hydrogen-bond donors (Lipinski definition) is 1. The van der Waals surface area contributed by atoms with Gasteiger partial charge in [-0.2, -0.15) is 5.10 Å². The summed E-state index contributed by atoms with van der Waals surface area (Å²) in [7, 11) is 0. The van der Waals surface area contributed by atoms with Crippen molar-refractivity contribution in [3.63, 3.8) is 0 Å². The Hall–Kier alpha value is -9.84. The topological polar surface area (TPSA) is 285 Å². The van der Waals surface area contributed by atoms with Crippen LogP contribution in [0.2, 0.25) is 0 Å². The Bertz CT molecular complexity index is 3230. The lowest BCUT2D eigenvalue weighted by atomic mass is 9.82. The first-order valence-corrected chi connectivity index (χ1v) is 27.1. The maximum absolute atomic E-state index is 13.8. The number of carbonyl (C=O) groups excluding carboxylic acids is 8. The molecule has 440 valence electrons. The van der Waals surface area contributed by atoms with Crippen molar-refractivity contribution in [2.24, 2.45) is 28.8 Å². The highest BCUT2D eigenvalue weighted by molar-refractivity contribution is 7.22. The number of benzene rings is 4. The quantitative estimate of drug-likeness (QED) is 0.00889. The molecule has 2 fully saturated rings. The van der Waals surface area contributed by atoms with Crippen molar-refractivity contribution >= 4 is 80.7 Å². The maximum atomic E-state index is 13.8. The Morgan fingerprint density at radius 2 is 0.929 bits per heavy atom. The number of para-hydroxylation sites is 1. The Balaban J connectivity index is 0.914. The number of anilines is 1. The Kier molecular flexibility index (Phi) is 23.1. The number of thiazole rings is 1. The van der Waals surface area contributed by atoms with Crippen LogP contribution in [-0.4, -0.2) is 92.7 Å². The smallest absolute Gasteiger partial charge is 0.333 e. The van der Waals surface area contributed by atoms with Gasteiger partial charge < -0.3 is 56.8 Å². The van der Waals surface area contributed by atoms with Crippen LogP contribution in [0.25, 0.3) is 10.2 Å². The van der Waals surface area contributed by atoms with E-state index in [9.17, 15) is 38.4 Å². The summed E-state index contributed by atoms with van der Waals surface area (Å²) in [4.78, 5) is 104. The van der Waals surface area contributed by atoms with Crippen LogP contribution in [-0.2, 0) is 68.5 Å². The molecule has 0 aliphatic heterocycles. The van der Waals surface area contributed by atoms with E-state index in [4.69, 9.17) is 56.8 Å². The minimum Gasteiger partial charge on any atom is -0.465 e. The number of fused-ring (bicyclic) bond motifs is 1. The van der Waals surface area contributed by atoms with Crippen LogP contribution in [0, 0.1) is 23.7 Å². The van der Waals surface area contributed by atoms with Crippen LogP contribution in [0.5, 0.6) is 40.2 Å². The third kappa shape index (κ3) is 18.6. The van der Waals surface area contributed by atoms with Crippen molar-refractivity contribution in [2.45, 2.75) is 57.8 Å². The van der Waals surface area contributed by atoms with Crippen molar-refractivity contribution in [1.29, 1.82) is 0 Å². The van der Waals surface area contributed by atoms with Crippen molar-refractivity contribution in [3.05, 3.63) is 141 Å². The molecule has 4 aromatic carbocycles. The molecule has 7 rings (SSSR count). The number of nitrogens with zero attached hydrogens (tertiary/aromatic N) is 2. The molecule has 0 bridgehead atoms. The fourth-order valence-electron chi connectivity index (χ4n) is 8.54. The molecular weight excluding hydrogens is 1110 g/mol. The highest BCUT2D eigenvalue weighted by atomic mass is 32.1. The van der Waals surface area contributed by atoms with Gasteiger partial charge in [-0.05, 0) is 105 Å². The number of rotatable bonds is 29. The van der Waals surface area contributed by atoms with E-state index in [0.29, 0.717) is 68.5 Å². The SMILES string of the molecule is C=CC(=O)OCOc1ccc(OC(=O)C2CCC(C(=O)OCCc3ccc(OC(=O)C4CCC(C(=O)Oc5ccc(OCOC(=O)C=C)c(OCOC(=O)C=C)c5)CC4)c(/C=N/Nc4nc5ccccc5s4)c3)CC2)cc1OCOC(=O)C=C. The monoisotopic (exact) mass is 1170 g/mol. The van der Waals surface area contributed by atoms with Gasteiger partial charge in [-0.25, -0.2) is 24.2 Å². The van der Waals surface area contributed by atoms with E-state index in [1.54, 1.807) is 18.2 Å². The van der Waals surface area contributed by atoms with Crippen LogP contribution in [0.3, 0.4) is 0 Å². The molecule has 0 radical (unpaired) electrons. The predicted octanol–water partition coefficient (Wildman–Crippen LogP) is 8.82. The summed E-state index contributed by atoms with van der Waals surface area (Å²) < 4.78 is 65.5. The second-order valence-electron chi connectivity index (χ2n) is 18.4. The van der Waals surface area contributed by atoms with Gasteiger partial charge in [0.25, 0.3) is 0 Å². The normalized spacial score (nSPS) is 16.3. The summed E-state index contributed by atoms with van der Waals surface area (Å²) in [5.74, 6) is -6.28. The number of esters is 8. The number of aromatic nitrogens is 1. The first-order chi connectivity index (χ1) is 40.7. The number of nitrogens with one attached hydrogen (secondary N) is 1. The minimum absolute atomic E-state index is 0.0151. The van der Waals surface area contributed by atoms with E-state index in [1.165, 1.54) is 53.9 Å². The molecule has 5 aromatic rings. The second kappa shape index (κ2) is 31.4. The molecule has 1 aromatic heterocycles. The largest absolute Gasteiger partial charge is 0.465 e. The number of ether oxygens (including phenoxy) is 12. The van der Waals surface area contributed by atoms with Crippen LogP contribution < -0.4 is 38.6 Å². The van der Waals surface area contributed by atoms with E-state index in [0.717, 1.165) is 40.1 Å².